The van der Waals surface area contributed by atoms with Gasteiger partial charge in [0.05, 0.1) is 18.7 Å². The van der Waals surface area contributed by atoms with Gasteiger partial charge in [-0.15, -0.1) is 0 Å². The molecule has 24 heavy (non-hydrogen) atoms. The van der Waals surface area contributed by atoms with E-state index in [4.69, 9.17) is 0 Å². The van der Waals surface area contributed by atoms with Gasteiger partial charge < -0.3 is 9.84 Å². The number of rotatable bonds is 2. The first-order valence-electron chi connectivity index (χ1n) is 6.74. The first kappa shape index (κ1) is 18.4. The molecule has 0 saturated heterocycles. The lowest BCUT2D eigenvalue weighted by atomic mass is 10.0. The maximum absolute atomic E-state index is 13.3. The molecule has 0 radical (unpaired) electrons. The number of alkyl halides is 3. The number of hydrazone groups is 1. The van der Waals surface area contributed by atoms with Gasteiger partial charge in [-0.25, -0.2) is 4.79 Å². The van der Waals surface area contributed by atoms with Crippen molar-refractivity contribution in [1.82, 2.24) is 5.01 Å². The molecule has 1 aromatic carbocycles. The average Bonchev–Trinajstić information content (AvgIpc) is 2.86. The number of benzene rings is 1. The van der Waals surface area contributed by atoms with Crippen molar-refractivity contribution in [3.63, 3.8) is 0 Å². The summed E-state index contributed by atoms with van der Waals surface area (Å²) in [7, 11) is 0. The summed E-state index contributed by atoms with van der Waals surface area (Å²) in [5.74, 6) is -3.22. The maximum Gasteiger partial charge on any atom is 0.438 e. The molecule has 130 valence electrons. The smallest absolute Gasteiger partial charge is 0.438 e. The molecule has 1 aromatic rings. The minimum Gasteiger partial charge on any atom is -0.459 e. The van der Waals surface area contributed by atoms with Crippen LogP contribution < -0.4 is 0 Å². The Hall–Kier alpha value is -1.94. The summed E-state index contributed by atoms with van der Waals surface area (Å²) in [6.45, 7) is 1.19. The Morgan fingerprint density at radius 3 is 2.46 bits per heavy atom. The van der Waals surface area contributed by atoms with Crippen LogP contribution in [0.1, 0.15) is 18.9 Å². The second kappa shape index (κ2) is 6.52. The predicted octanol–water partition coefficient (Wildman–Crippen LogP) is 2.20. The van der Waals surface area contributed by atoms with Crippen molar-refractivity contribution >= 4 is 33.5 Å². The minimum absolute atomic E-state index is 0.181. The number of carbonyl (C=O) groups is 2. The van der Waals surface area contributed by atoms with Crippen molar-refractivity contribution in [1.29, 1.82) is 0 Å². The second-order valence-electron chi connectivity index (χ2n) is 4.88. The summed E-state index contributed by atoms with van der Waals surface area (Å²) in [6, 6.07) is 6.08. The Bertz CT molecular complexity index is 690. The van der Waals surface area contributed by atoms with E-state index in [1.165, 1.54) is 19.1 Å². The van der Waals surface area contributed by atoms with Gasteiger partial charge >= 0.3 is 18.1 Å². The van der Waals surface area contributed by atoms with Crippen molar-refractivity contribution in [3.8, 4) is 0 Å². The third-order valence-electron chi connectivity index (χ3n) is 3.26. The molecule has 1 heterocycles. The molecule has 10 heteroatoms. The zero-order chi connectivity index (χ0) is 18.1. The monoisotopic (exact) mass is 408 g/mol. The molecule has 1 N–H and O–H groups in total. The quantitative estimate of drug-likeness (QED) is 0.600. The van der Waals surface area contributed by atoms with Gasteiger partial charge in [0.1, 0.15) is 0 Å². The molecule has 1 aliphatic rings. The predicted molar refractivity (Wildman–Crippen MR) is 79.8 cm³/mol. The van der Waals surface area contributed by atoms with Gasteiger partial charge in [0, 0.05) is 4.47 Å². The molecule has 0 bridgehead atoms. The van der Waals surface area contributed by atoms with E-state index in [9.17, 15) is 27.9 Å². The number of halogens is 4. The van der Waals surface area contributed by atoms with Crippen LogP contribution in [0.15, 0.2) is 33.8 Å². The van der Waals surface area contributed by atoms with Crippen LogP contribution in [0, 0.1) is 0 Å². The van der Waals surface area contributed by atoms with Crippen LogP contribution in [-0.4, -0.2) is 46.2 Å². The SMILES string of the molecule is CCOC(=O)C(=O)N1N=C(c2ccc(Br)cc2)CC1(O)C(F)(F)F. The van der Waals surface area contributed by atoms with Crippen LogP contribution in [0.4, 0.5) is 13.2 Å². The number of carbonyl (C=O) groups excluding carboxylic acids is 2. The van der Waals surface area contributed by atoms with Crippen molar-refractivity contribution in [2.45, 2.75) is 25.2 Å². The molecule has 1 atom stereocenters. The lowest BCUT2D eigenvalue weighted by Crippen LogP contribution is -2.58. The van der Waals surface area contributed by atoms with Crippen LogP contribution in [0.5, 0.6) is 0 Å². The highest BCUT2D eigenvalue weighted by molar-refractivity contribution is 9.10. The molecule has 1 aliphatic heterocycles. The first-order chi connectivity index (χ1) is 11.1. The van der Waals surface area contributed by atoms with E-state index in [0.717, 1.165) is 0 Å². The Kier molecular flexibility index (Phi) is 5.00. The average molecular weight is 409 g/mol. The van der Waals surface area contributed by atoms with Crippen molar-refractivity contribution in [2.75, 3.05) is 6.61 Å². The highest BCUT2D eigenvalue weighted by Gasteiger charge is 2.64. The number of hydrogen-bond donors (Lipinski definition) is 1. The summed E-state index contributed by atoms with van der Waals surface area (Å²) in [5.41, 5.74) is -3.51. The van der Waals surface area contributed by atoms with Gasteiger partial charge in [-0.2, -0.15) is 23.3 Å². The zero-order valence-electron chi connectivity index (χ0n) is 12.3. The molecule has 0 saturated carbocycles. The van der Waals surface area contributed by atoms with Gasteiger partial charge in [0.25, 0.3) is 5.72 Å². The van der Waals surface area contributed by atoms with Crippen LogP contribution >= 0.6 is 15.9 Å². The molecule has 6 nitrogen and oxygen atoms in total. The highest BCUT2D eigenvalue weighted by Crippen LogP contribution is 2.41. The third kappa shape index (κ3) is 3.29. The fourth-order valence-corrected chi connectivity index (χ4v) is 2.33. The molecule has 0 fully saturated rings. The van der Waals surface area contributed by atoms with Gasteiger partial charge in [-0.1, -0.05) is 28.1 Å². The fraction of sp³-hybridized carbons (Fsp3) is 0.357. The normalized spacial score (nSPS) is 20.8. The van der Waals surface area contributed by atoms with E-state index in [2.05, 4.69) is 25.8 Å². The van der Waals surface area contributed by atoms with Crippen LogP contribution in [0.2, 0.25) is 0 Å². The number of nitrogens with zero attached hydrogens (tertiary/aromatic N) is 2. The minimum atomic E-state index is -5.21. The van der Waals surface area contributed by atoms with Crippen LogP contribution in [0.3, 0.4) is 0 Å². The summed E-state index contributed by atoms with van der Waals surface area (Å²) in [4.78, 5) is 23.4. The van der Waals surface area contributed by atoms with Crippen molar-refractivity contribution in [3.05, 3.63) is 34.3 Å². The van der Waals surface area contributed by atoms with Crippen molar-refractivity contribution in [2.24, 2.45) is 5.10 Å². The second-order valence-corrected chi connectivity index (χ2v) is 5.80. The Morgan fingerprint density at radius 2 is 1.96 bits per heavy atom. The van der Waals surface area contributed by atoms with Gasteiger partial charge in [0.2, 0.25) is 0 Å². The van der Waals surface area contributed by atoms with E-state index >= 15 is 0 Å². The first-order valence-corrected chi connectivity index (χ1v) is 7.53. The van der Waals surface area contributed by atoms with Crippen LogP contribution in [-0.2, 0) is 14.3 Å². The molecular formula is C14H12BrF3N2O4. The number of esters is 1. The van der Waals surface area contributed by atoms with Gasteiger partial charge in [-0.3, -0.25) is 4.79 Å². The third-order valence-corrected chi connectivity index (χ3v) is 3.79. The maximum atomic E-state index is 13.3. The standard InChI is InChI=1S/C14H12BrF3N2O4/c1-2-24-12(22)11(21)20-13(23,14(16,17)18)7-10(19-20)8-3-5-9(15)6-4-8/h3-6,23H,2,7H2,1H3. The van der Waals surface area contributed by atoms with Crippen molar-refractivity contribution < 1.29 is 32.6 Å². The van der Waals surface area contributed by atoms with Gasteiger partial charge in [0.15, 0.2) is 0 Å². The summed E-state index contributed by atoms with van der Waals surface area (Å²) in [5, 5.41) is 13.3. The Morgan fingerprint density at radius 1 is 1.38 bits per heavy atom. The fourth-order valence-electron chi connectivity index (χ4n) is 2.06. The molecule has 2 rings (SSSR count). The molecule has 1 unspecified atom stereocenters. The van der Waals surface area contributed by atoms with E-state index in [0.29, 0.717) is 4.47 Å². The number of hydrogen-bond acceptors (Lipinski definition) is 5. The molecule has 1 amide bonds. The van der Waals surface area contributed by atoms with Crippen LogP contribution in [0.25, 0.3) is 0 Å². The summed E-state index contributed by atoms with van der Waals surface area (Å²) in [6.07, 6.45) is -6.21. The topological polar surface area (TPSA) is 79.2 Å². The summed E-state index contributed by atoms with van der Waals surface area (Å²) < 4.78 is 44.9. The largest absolute Gasteiger partial charge is 0.459 e. The molecule has 0 aliphatic carbocycles. The van der Waals surface area contributed by atoms with E-state index in [1.807, 2.05) is 0 Å². The molecule has 0 aromatic heterocycles. The Labute approximate surface area is 143 Å². The number of ether oxygens (including phenoxy) is 1. The lowest BCUT2D eigenvalue weighted by molar-refractivity contribution is -0.302. The Balaban J connectivity index is 2.43. The highest BCUT2D eigenvalue weighted by atomic mass is 79.9. The number of amides is 1. The molecular weight excluding hydrogens is 397 g/mol. The van der Waals surface area contributed by atoms with Gasteiger partial charge in [-0.05, 0) is 24.6 Å². The zero-order valence-corrected chi connectivity index (χ0v) is 13.9. The van der Waals surface area contributed by atoms with E-state index in [1.54, 1.807) is 12.1 Å². The molecule has 0 spiro atoms. The lowest BCUT2D eigenvalue weighted by Gasteiger charge is -2.31. The summed E-state index contributed by atoms with van der Waals surface area (Å²) >= 11 is 3.18. The number of aliphatic hydroxyl groups is 1. The van der Waals surface area contributed by atoms with E-state index < -0.39 is 30.2 Å². The van der Waals surface area contributed by atoms with E-state index in [-0.39, 0.29) is 22.9 Å².